The minimum Gasteiger partial charge on any atom is -0.494 e. The Balaban J connectivity index is 1.59. The number of nitrogens with one attached hydrogen (secondary N) is 2. The third-order valence-electron chi connectivity index (χ3n) is 4.68. The zero-order valence-corrected chi connectivity index (χ0v) is 15.8. The number of aromatic nitrogens is 5. The lowest BCUT2D eigenvalue weighted by Crippen LogP contribution is -2.19. The zero-order valence-electron chi connectivity index (χ0n) is 15.8. The van der Waals surface area contributed by atoms with Crippen molar-refractivity contribution in [1.82, 2.24) is 25.1 Å². The number of hydrogen-bond acceptors (Lipinski definition) is 9. The van der Waals surface area contributed by atoms with E-state index in [0.29, 0.717) is 28.8 Å². The smallest absolute Gasteiger partial charge is 0.158 e. The molecule has 148 valence electrons. The van der Waals surface area contributed by atoms with Gasteiger partial charge in [-0.3, -0.25) is 10.1 Å². The van der Waals surface area contributed by atoms with E-state index in [9.17, 15) is 0 Å². The summed E-state index contributed by atoms with van der Waals surface area (Å²) < 4.78 is 11.7. The maximum atomic E-state index is 8.81. The first-order valence-corrected chi connectivity index (χ1v) is 9.15. The molecule has 0 saturated heterocycles. The van der Waals surface area contributed by atoms with Crippen LogP contribution in [0, 0.1) is 11.3 Å². The standard InChI is InChI=1S/C19H20N8O2/c1-28-15-8-22-9-16(29-13-3-2-11(21)4-13)19(15)14-5-17(27-26-14)25-18-10-23-12(6-20)7-24-18/h5,7-11,13H,2-4,21H2,1H3,(H2,24,25,26,27)/t11-,13-/m1/s1. The molecule has 0 spiro atoms. The molecule has 3 heterocycles. The number of H-pyrrole nitrogens is 1. The van der Waals surface area contributed by atoms with Crippen LogP contribution < -0.4 is 20.5 Å². The second-order valence-electron chi connectivity index (χ2n) is 6.72. The number of nitrogens with two attached hydrogens (primary N) is 1. The number of ether oxygens (including phenoxy) is 2. The number of aromatic amines is 1. The van der Waals surface area contributed by atoms with Gasteiger partial charge in [0.2, 0.25) is 0 Å². The van der Waals surface area contributed by atoms with E-state index in [0.717, 1.165) is 24.8 Å². The monoisotopic (exact) mass is 392 g/mol. The summed E-state index contributed by atoms with van der Waals surface area (Å²) in [4.78, 5) is 12.3. The fourth-order valence-corrected chi connectivity index (χ4v) is 3.29. The van der Waals surface area contributed by atoms with Crippen molar-refractivity contribution in [3.8, 4) is 28.8 Å². The fraction of sp³-hybridized carbons (Fsp3) is 0.316. The van der Waals surface area contributed by atoms with Crippen LogP contribution in [0.2, 0.25) is 0 Å². The number of rotatable bonds is 6. The van der Waals surface area contributed by atoms with Crippen LogP contribution in [0.4, 0.5) is 11.6 Å². The molecule has 1 saturated carbocycles. The van der Waals surface area contributed by atoms with Crippen molar-refractivity contribution >= 4 is 11.6 Å². The van der Waals surface area contributed by atoms with E-state index >= 15 is 0 Å². The van der Waals surface area contributed by atoms with E-state index in [4.69, 9.17) is 20.5 Å². The predicted octanol–water partition coefficient (Wildman–Crippen LogP) is 2.14. The van der Waals surface area contributed by atoms with Crippen molar-refractivity contribution < 1.29 is 9.47 Å². The average molecular weight is 392 g/mol. The molecule has 1 aliphatic carbocycles. The Morgan fingerprint density at radius 1 is 1.17 bits per heavy atom. The maximum absolute atomic E-state index is 8.81. The zero-order chi connectivity index (χ0) is 20.2. The van der Waals surface area contributed by atoms with Crippen molar-refractivity contribution in [2.24, 2.45) is 5.73 Å². The highest BCUT2D eigenvalue weighted by molar-refractivity contribution is 5.75. The third kappa shape index (κ3) is 4.09. The lowest BCUT2D eigenvalue weighted by molar-refractivity contribution is 0.207. The van der Waals surface area contributed by atoms with Crippen molar-refractivity contribution in [2.45, 2.75) is 31.4 Å². The molecule has 10 nitrogen and oxygen atoms in total. The molecule has 0 bridgehead atoms. The van der Waals surface area contributed by atoms with E-state index in [1.165, 1.54) is 12.4 Å². The van der Waals surface area contributed by atoms with Crippen LogP contribution >= 0.6 is 0 Å². The normalized spacial score (nSPS) is 18.2. The second kappa shape index (κ2) is 8.12. The summed E-state index contributed by atoms with van der Waals surface area (Å²) in [5, 5.41) is 19.1. The van der Waals surface area contributed by atoms with Crippen LogP contribution in [0.1, 0.15) is 25.0 Å². The fourth-order valence-electron chi connectivity index (χ4n) is 3.29. The van der Waals surface area contributed by atoms with Crippen LogP contribution in [0.5, 0.6) is 11.5 Å². The Morgan fingerprint density at radius 3 is 2.72 bits per heavy atom. The minimum absolute atomic E-state index is 0.0482. The summed E-state index contributed by atoms with van der Waals surface area (Å²) in [7, 11) is 1.58. The van der Waals surface area contributed by atoms with Gasteiger partial charge >= 0.3 is 0 Å². The number of hydrogen-bond donors (Lipinski definition) is 3. The van der Waals surface area contributed by atoms with Gasteiger partial charge in [0, 0.05) is 12.1 Å². The average Bonchev–Trinajstić information content (AvgIpc) is 3.37. The van der Waals surface area contributed by atoms with E-state index in [2.05, 4.69) is 30.5 Å². The van der Waals surface area contributed by atoms with Crippen LogP contribution in [-0.4, -0.2) is 44.4 Å². The molecule has 29 heavy (non-hydrogen) atoms. The Hall–Kier alpha value is -3.71. The van der Waals surface area contributed by atoms with Crippen LogP contribution in [0.3, 0.4) is 0 Å². The van der Waals surface area contributed by atoms with Crippen molar-refractivity contribution in [3.63, 3.8) is 0 Å². The van der Waals surface area contributed by atoms with Gasteiger partial charge < -0.3 is 20.5 Å². The molecular weight excluding hydrogens is 372 g/mol. The number of nitriles is 1. The molecule has 3 aromatic rings. The SMILES string of the molecule is COc1cncc(O[C@@H]2CC[C@@H](N)C2)c1-c1cc(Nc2cnc(C#N)cn2)n[nH]1. The van der Waals surface area contributed by atoms with Crippen molar-refractivity contribution in [1.29, 1.82) is 5.26 Å². The molecule has 0 radical (unpaired) electrons. The first kappa shape index (κ1) is 18.6. The quantitative estimate of drug-likeness (QED) is 0.573. The van der Waals surface area contributed by atoms with Crippen LogP contribution in [0.25, 0.3) is 11.3 Å². The molecule has 1 aliphatic rings. The summed E-state index contributed by atoms with van der Waals surface area (Å²) in [5.74, 6) is 2.18. The van der Waals surface area contributed by atoms with E-state index < -0.39 is 0 Å². The lowest BCUT2D eigenvalue weighted by atomic mass is 10.1. The summed E-state index contributed by atoms with van der Waals surface area (Å²) in [5.41, 5.74) is 7.68. The summed E-state index contributed by atoms with van der Waals surface area (Å²) in [6.07, 6.45) is 8.87. The molecule has 0 aromatic carbocycles. The molecule has 1 fully saturated rings. The van der Waals surface area contributed by atoms with Gasteiger partial charge in [-0.2, -0.15) is 10.4 Å². The van der Waals surface area contributed by atoms with Gasteiger partial charge in [0.05, 0.1) is 43.2 Å². The number of anilines is 2. The number of methoxy groups -OCH3 is 1. The lowest BCUT2D eigenvalue weighted by Gasteiger charge is -2.17. The molecule has 2 atom stereocenters. The Kier molecular flexibility index (Phi) is 5.22. The van der Waals surface area contributed by atoms with Crippen molar-refractivity contribution in [3.05, 3.63) is 36.5 Å². The maximum Gasteiger partial charge on any atom is 0.158 e. The van der Waals surface area contributed by atoms with Gasteiger partial charge in [-0.1, -0.05) is 0 Å². The van der Waals surface area contributed by atoms with Gasteiger partial charge in [0.15, 0.2) is 17.3 Å². The first-order chi connectivity index (χ1) is 14.2. The molecule has 4 rings (SSSR count). The minimum atomic E-state index is 0.0482. The number of pyridine rings is 1. The van der Waals surface area contributed by atoms with E-state index in [-0.39, 0.29) is 17.8 Å². The molecular formula is C19H20N8O2. The van der Waals surface area contributed by atoms with E-state index in [1.807, 2.05) is 12.1 Å². The predicted molar refractivity (Wildman–Crippen MR) is 105 cm³/mol. The van der Waals surface area contributed by atoms with Crippen molar-refractivity contribution in [2.75, 3.05) is 12.4 Å². The highest BCUT2D eigenvalue weighted by Gasteiger charge is 2.25. The van der Waals surface area contributed by atoms with Gasteiger partial charge in [-0.25, -0.2) is 9.97 Å². The molecule has 10 heteroatoms. The molecule has 0 aliphatic heterocycles. The topological polar surface area (TPSA) is 148 Å². The molecule has 4 N–H and O–H groups in total. The first-order valence-electron chi connectivity index (χ1n) is 9.15. The summed E-state index contributed by atoms with van der Waals surface area (Å²) >= 11 is 0. The van der Waals surface area contributed by atoms with Gasteiger partial charge in [0.1, 0.15) is 23.7 Å². The molecule has 0 amide bonds. The van der Waals surface area contributed by atoms with Crippen LogP contribution in [-0.2, 0) is 0 Å². The highest BCUT2D eigenvalue weighted by atomic mass is 16.5. The Morgan fingerprint density at radius 2 is 2.03 bits per heavy atom. The van der Waals surface area contributed by atoms with Gasteiger partial charge in [-0.05, 0) is 19.3 Å². The van der Waals surface area contributed by atoms with Gasteiger partial charge in [0.25, 0.3) is 0 Å². The summed E-state index contributed by atoms with van der Waals surface area (Å²) in [6.45, 7) is 0. The summed E-state index contributed by atoms with van der Waals surface area (Å²) in [6, 6.07) is 3.91. The molecule has 0 unspecified atom stereocenters. The highest BCUT2D eigenvalue weighted by Crippen LogP contribution is 2.39. The Labute approximate surface area is 167 Å². The molecule has 3 aromatic heterocycles. The van der Waals surface area contributed by atoms with Crippen LogP contribution in [0.15, 0.2) is 30.9 Å². The Bertz CT molecular complexity index is 1030. The third-order valence-corrected chi connectivity index (χ3v) is 4.68. The van der Waals surface area contributed by atoms with E-state index in [1.54, 1.807) is 19.5 Å². The number of nitrogens with zero attached hydrogens (tertiary/aromatic N) is 5. The van der Waals surface area contributed by atoms with Gasteiger partial charge in [-0.15, -0.1) is 0 Å². The second-order valence-corrected chi connectivity index (χ2v) is 6.72. The largest absolute Gasteiger partial charge is 0.494 e.